The second kappa shape index (κ2) is 11.6. The molecule has 0 fully saturated rings. The summed E-state index contributed by atoms with van der Waals surface area (Å²) < 4.78 is 20.3. The lowest BCUT2D eigenvalue weighted by atomic mass is 9.94. The van der Waals surface area contributed by atoms with E-state index in [1.807, 2.05) is 6.08 Å². The highest BCUT2D eigenvalue weighted by molar-refractivity contribution is 5.95. The molecule has 0 saturated heterocycles. The van der Waals surface area contributed by atoms with Gasteiger partial charge in [0, 0.05) is 23.8 Å². The number of unbranched alkanes of at least 4 members (excludes halogenated alkanes) is 4. The molecule has 0 bridgehead atoms. The molecule has 0 saturated carbocycles. The first-order chi connectivity index (χ1) is 15.5. The fourth-order valence-electron chi connectivity index (χ4n) is 3.92. The molecule has 5 N–H and O–H groups in total. The van der Waals surface area contributed by atoms with Crippen LogP contribution < -0.4 is 21.5 Å². The Labute approximate surface area is 190 Å². The van der Waals surface area contributed by atoms with Crippen LogP contribution in [0.5, 0.6) is 5.75 Å². The monoisotopic (exact) mass is 439 g/mol. The molecule has 0 atom stereocenters. The van der Waals surface area contributed by atoms with Gasteiger partial charge in [-0.25, -0.2) is 4.39 Å². The smallest absolute Gasteiger partial charge is 0.251 e. The van der Waals surface area contributed by atoms with E-state index in [-0.39, 0.29) is 5.91 Å². The molecule has 172 valence electrons. The van der Waals surface area contributed by atoms with E-state index >= 15 is 0 Å². The Morgan fingerprint density at radius 2 is 1.88 bits per heavy atom. The number of hydrogen-bond donors (Lipinski definition) is 3. The summed E-state index contributed by atoms with van der Waals surface area (Å²) in [6.07, 6.45) is 15.1. The molecule has 2 aliphatic rings. The minimum absolute atomic E-state index is 0.228. The molecule has 6 heteroatoms. The molecule has 0 unspecified atom stereocenters. The molecule has 1 aromatic rings. The first-order valence-corrected chi connectivity index (χ1v) is 11.6. The molecule has 0 radical (unpaired) electrons. The lowest BCUT2D eigenvalue weighted by Gasteiger charge is -2.20. The topological polar surface area (TPSA) is 90.4 Å². The largest absolute Gasteiger partial charge is 0.459 e. The predicted octanol–water partition coefficient (Wildman–Crippen LogP) is 6.21. The standard InChI is InChI=1S/C26H34FN3O2/c1-2-3-4-5-6-7-18-8-10-19(11-9-18)26(31)30-24-14-13-21(17-22(24)27)32-25-15-12-20(28)16-23(25)29/h8,10,12,15-17H,2-7,9,11,13-14,28-29H2,1H3,(H,30,31). The number of ether oxygens (including phenoxy) is 1. The van der Waals surface area contributed by atoms with Crippen LogP contribution in [0.1, 0.15) is 71.1 Å². The number of carbonyl (C=O) groups is 1. The highest BCUT2D eigenvalue weighted by Crippen LogP contribution is 2.31. The maximum absolute atomic E-state index is 14.6. The normalized spacial score (nSPS) is 16.2. The predicted molar refractivity (Wildman–Crippen MR) is 128 cm³/mol. The summed E-state index contributed by atoms with van der Waals surface area (Å²) in [5, 5.41) is 2.75. The van der Waals surface area contributed by atoms with E-state index in [1.165, 1.54) is 43.8 Å². The van der Waals surface area contributed by atoms with Crippen molar-refractivity contribution in [3.8, 4) is 5.75 Å². The van der Waals surface area contributed by atoms with Crippen molar-refractivity contribution in [2.24, 2.45) is 0 Å². The quantitative estimate of drug-likeness (QED) is 0.298. The molecule has 1 aromatic carbocycles. The van der Waals surface area contributed by atoms with Gasteiger partial charge in [-0.2, -0.15) is 0 Å². The summed E-state index contributed by atoms with van der Waals surface area (Å²) >= 11 is 0. The van der Waals surface area contributed by atoms with Crippen molar-refractivity contribution >= 4 is 17.3 Å². The Kier molecular flexibility index (Phi) is 8.54. The second-order valence-corrected chi connectivity index (χ2v) is 8.47. The fourth-order valence-corrected chi connectivity index (χ4v) is 3.92. The number of benzene rings is 1. The zero-order valence-corrected chi connectivity index (χ0v) is 18.9. The molecule has 5 nitrogen and oxygen atoms in total. The number of rotatable bonds is 10. The molecule has 0 aromatic heterocycles. The van der Waals surface area contributed by atoms with Gasteiger partial charge in [-0.15, -0.1) is 0 Å². The summed E-state index contributed by atoms with van der Waals surface area (Å²) in [7, 11) is 0. The van der Waals surface area contributed by atoms with Gasteiger partial charge in [0.25, 0.3) is 5.91 Å². The van der Waals surface area contributed by atoms with Crippen LogP contribution in [0, 0.1) is 0 Å². The fraction of sp³-hybridized carbons (Fsp3) is 0.423. The average Bonchev–Trinajstić information content (AvgIpc) is 2.78. The van der Waals surface area contributed by atoms with Crippen molar-refractivity contribution in [2.75, 3.05) is 11.5 Å². The third-order valence-electron chi connectivity index (χ3n) is 5.87. The Morgan fingerprint density at radius 3 is 2.56 bits per heavy atom. The molecule has 32 heavy (non-hydrogen) atoms. The van der Waals surface area contributed by atoms with Crippen molar-refractivity contribution in [3.05, 3.63) is 64.9 Å². The maximum Gasteiger partial charge on any atom is 0.251 e. The minimum Gasteiger partial charge on any atom is -0.459 e. The van der Waals surface area contributed by atoms with E-state index in [9.17, 15) is 9.18 Å². The van der Waals surface area contributed by atoms with Gasteiger partial charge in [0.1, 0.15) is 17.3 Å². The molecule has 0 spiro atoms. The van der Waals surface area contributed by atoms with Gasteiger partial charge in [0.05, 0.1) is 11.4 Å². The molecule has 0 heterocycles. The van der Waals surface area contributed by atoms with Crippen LogP contribution in [0.25, 0.3) is 0 Å². The van der Waals surface area contributed by atoms with Gasteiger partial charge in [-0.3, -0.25) is 4.79 Å². The lowest BCUT2D eigenvalue weighted by Crippen LogP contribution is -2.27. The van der Waals surface area contributed by atoms with Gasteiger partial charge in [0.15, 0.2) is 0 Å². The number of amides is 1. The zero-order chi connectivity index (χ0) is 22.9. The molecule has 0 aliphatic heterocycles. The third kappa shape index (κ3) is 6.74. The molecule has 3 rings (SSSR count). The molecule has 2 aliphatic carbocycles. The van der Waals surface area contributed by atoms with Crippen LogP contribution in [-0.4, -0.2) is 5.91 Å². The Morgan fingerprint density at radius 1 is 1.06 bits per heavy atom. The van der Waals surface area contributed by atoms with Crippen LogP contribution in [0.2, 0.25) is 0 Å². The van der Waals surface area contributed by atoms with Crippen LogP contribution in [0.4, 0.5) is 15.8 Å². The number of allylic oxidation sites excluding steroid dienone is 7. The van der Waals surface area contributed by atoms with Crippen molar-refractivity contribution in [1.29, 1.82) is 0 Å². The van der Waals surface area contributed by atoms with E-state index in [0.717, 1.165) is 12.8 Å². The number of nitrogens with one attached hydrogen (secondary N) is 1. The summed E-state index contributed by atoms with van der Waals surface area (Å²) in [6, 6.07) is 4.94. The Hall–Kier alpha value is -3.02. The highest BCUT2D eigenvalue weighted by Gasteiger charge is 2.20. The first-order valence-electron chi connectivity index (χ1n) is 11.6. The number of carbonyl (C=O) groups excluding carboxylic acids is 1. The highest BCUT2D eigenvalue weighted by atomic mass is 19.1. The van der Waals surface area contributed by atoms with Crippen molar-refractivity contribution in [2.45, 2.75) is 71.1 Å². The van der Waals surface area contributed by atoms with Gasteiger partial charge in [0.2, 0.25) is 0 Å². The van der Waals surface area contributed by atoms with Crippen molar-refractivity contribution < 1.29 is 13.9 Å². The van der Waals surface area contributed by atoms with E-state index < -0.39 is 5.83 Å². The van der Waals surface area contributed by atoms with E-state index in [2.05, 4.69) is 18.3 Å². The minimum atomic E-state index is -0.492. The second-order valence-electron chi connectivity index (χ2n) is 8.47. The summed E-state index contributed by atoms with van der Waals surface area (Å²) in [5.41, 5.74) is 14.9. The van der Waals surface area contributed by atoms with Crippen LogP contribution in [-0.2, 0) is 4.79 Å². The van der Waals surface area contributed by atoms with E-state index in [1.54, 1.807) is 18.2 Å². The van der Waals surface area contributed by atoms with Gasteiger partial charge in [-0.1, -0.05) is 50.3 Å². The van der Waals surface area contributed by atoms with Gasteiger partial charge in [-0.05, 0) is 50.3 Å². The van der Waals surface area contributed by atoms with Crippen molar-refractivity contribution in [1.82, 2.24) is 5.32 Å². The number of halogens is 1. The average molecular weight is 440 g/mol. The SMILES string of the molecule is CCCCCCCC1=CC=C(C(=O)NC2=C(F)C=C(Oc3ccc(N)cc3N)CC2)CC1. The number of anilines is 2. The third-order valence-corrected chi connectivity index (χ3v) is 5.87. The number of hydrogen-bond acceptors (Lipinski definition) is 4. The van der Waals surface area contributed by atoms with Crippen molar-refractivity contribution in [3.63, 3.8) is 0 Å². The Balaban J connectivity index is 1.54. The number of nitrogen functional groups attached to an aromatic ring is 2. The maximum atomic E-state index is 14.6. The molecule has 1 amide bonds. The van der Waals surface area contributed by atoms with Crippen LogP contribution in [0.3, 0.4) is 0 Å². The molecular weight excluding hydrogens is 405 g/mol. The van der Waals surface area contributed by atoms with Crippen LogP contribution in [0.15, 0.2) is 64.9 Å². The zero-order valence-electron chi connectivity index (χ0n) is 18.9. The lowest BCUT2D eigenvalue weighted by molar-refractivity contribution is -0.117. The van der Waals surface area contributed by atoms with Crippen LogP contribution >= 0.6 is 0 Å². The van der Waals surface area contributed by atoms with Gasteiger partial charge >= 0.3 is 0 Å². The van der Waals surface area contributed by atoms with Gasteiger partial charge < -0.3 is 21.5 Å². The first kappa shape index (κ1) is 23.6. The molecular formula is C26H34FN3O2. The van der Waals surface area contributed by atoms with E-state index in [0.29, 0.717) is 53.4 Å². The summed E-state index contributed by atoms with van der Waals surface area (Å²) in [5.74, 6) is 0.175. The summed E-state index contributed by atoms with van der Waals surface area (Å²) in [6.45, 7) is 2.22. The number of nitrogens with two attached hydrogens (primary N) is 2. The summed E-state index contributed by atoms with van der Waals surface area (Å²) in [4.78, 5) is 12.6. The van der Waals surface area contributed by atoms with E-state index in [4.69, 9.17) is 16.2 Å². The Bertz CT molecular complexity index is 960.